The fraction of sp³-hybridized carbons (Fsp3) is 0.348. The van der Waals surface area contributed by atoms with E-state index in [1.54, 1.807) is 28.0 Å². The van der Waals surface area contributed by atoms with Gasteiger partial charge in [-0.3, -0.25) is 9.59 Å². The molecule has 3 heterocycles. The van der Waals surface area contributed by atoms with Gasteiger partial charge in [-0.2, -0.15) is 0 Å². The first kappa shape index (κ1) is 21.6. The first-order valence-electron chi connectivity index (χ1n) is 10.4. The van der Waals surface area contributed by atoms with Crippen LogP contribution < -0.4 is 0 Å². The molecule has 0 atom stereocenters. The minimum Gasteiger partial charge on any atom is -0.459 e. The maximum atomic E-state index is 12.7. The van der Waals surface area contributed by atoms with Gasteiger partial charge in [0.05, 0.1) is 12.9 Å². The second kappa shape index (κ2) is 9.69. The van der Waals surface area contributed by atoms with Gasteiger partial charge in [0.25, 0.3) is 11.8 Å². The van der Waals surface area contributed by atoms with E-state index >= 15 is 0 Å². The van der Waals surface area contributed by atoms with E-state index in [1.165, 1.54) is 6.26 Å². The number of hydrogen-bond acceptors (Lipinski definition) is 7. The van der Waals surface area contributed by atoms with Crippen LogP contribution in [-0.4, -0.2) is 67.0 Å². The molecule has 2 aromatic heterocycles. The first-order valence-corrected chi connectivity index (χ1v) is 10.4. The molecule has 4 rings (SSSR count). The number of fused-ring (bicyclic) bond motifs is 1. The number of rotatable bonds is 7. The van der Waals surface area contributed by atoms with Crippen LogP contribution in [-0.2, 0) is 20.9 Å². The number of nitrogens with zero attached hydrogens (tertiary/aromatic N) is 2. The van der Waals surface area contributed by atoms with Crippen molar-refractivity contribution >= 4 is 28.8 Å². The summed E-state index contributed by atoms with van der Waals surface area (Å²) in [4.78, 5) is 40.7. The van der Waals surface area contributed by atoms with Crippen molar-refractivity contribution in [3.63, 3.8) is 0 Å². The van der Waals surface area contributed by atoms with E-state index in [4.69, 9.17) is 18.3 Å². The summed E-state index contributed by atoms with van der Waals surface area (Å²) in [5.41, 5.74) is 1.16. The van der Waals surface area contributed by atoms with Crippen molar-refractivity contribution in [1.82, 2.24) is 9.80 Å². The molecule has 0 unspecified atom stereocenters. The SMILES string of the molecule is CCOCc1c(C(=O)OCC(=O)N2CCN(C(=O)c3ccco3)CC2)oc2ccccc12. The highest BCUT2D eigenvalue weighted by molar-refractivity contribution is 5.97. The smallest absolute Gasteiger partial charge is 0.375 e. The van der Waals surface area contributed by atoms with Crippen LogP contribution in [0.1, 0.15) is 33.6 Å². The Hall–Kier alpha value is -3.59. The molecule has 32 heavy (non-hydrogen) atoms. The van der Waals surface area contributed by atoms with Crippen LogP contribution in [0, 0.1) is 0 Å². The summed E-state index contributed by atoms with van der Waals surface area (Å²) in [7, 11) is 0. The van der Waals surface area contributed by atoms with E-state index in [2.05, 4.69) is 0 Å². The van der Waals surface area contributed by atoms with E-state index in [9.17, 15) is 14.4 Å². The van der Waals surface area contributed by atoms with Crippen molar-refractivity contribution < 1.29 is 32.7 Å². The fourth-order valence-electron chi connectivity index (χ4n) is 3.61. The molecule has 3 aromatic rings. The predicted molar refractivity (Wildman–Crippen MR) is 113 cm³/mol. The number of piperazine rings is 1. The van der Waals surface area contributed by atoms with E-state index in [0.29, 0.717) is 43.9 Å². The van der Waals surface area contributed by atoms with Crippen molar-refractivity contribution in [2.24, 2.45) is 0 Å². The second-order valence-electron chi connectivity index (χ2n) is 7.27. The number of amides is 2. The number of furan rings is 2. The molecule has 9 nitrogen and oxygen atoms in total. The lowest BCUT2D eigenvalue weighted by Crippen LogP contribution is -2.51. The number of carbonyl (C=O) groups excluding carboxylic acids is 3. The Morgan fingerprint density at radius 3 is 2.47 bits per heavy atom. The number of esters is 1. The van der Waals surface area contributed by atoms with Gasteiger partial charge in [0.1, 0.15) is 5.58 Å². The molecule has 0 radical (unpaired) electrons. The van der Waals surface area contributed by atoms with Gasteiger partial charge in [0, 0.05) is 43.7 Å². The zero-order chi connectivity index (χ0) is 22.5. The summed E-state index contributed by atoms with van der Waals surface area (Å²) >= 11 is 0. The minimum atomic E-state index is -0.712. The van der Waals surface area contributed by atoms with Gasteiger partial charge in [-0.15, -0.1) is 0 Å². The molecule has 2 amide bonds. The summed E-state index contributed by atoms with van der Waals surface area (Å²) in [6.07, 6.45) is 1.45. The van der Waals surface area contributed by atoms with Crippen molar-refractivity contribution in [3.8, 4) is 0 Å². The average Bonchev–Trinajstić information content (AvgIpc) is 3.49. The van der Waals surface area contributed by atoms with Crippen LogP contribution in [0.2, 0.25) is 0 Å². The Kier molecular flexibility index (Phi) is 6.55. The second-order valence-corrected chi connectivity index (χ2v) is 7.27. The topological polar surface area (TPSA) is 102 Å². The third-order valence-electron chi connectivity index (χ3n) is 5.31. The van der Waals surface area contributed by atoms with Gasteiger partial charge in [-0.05, 0) is 25.1 Å². The Bertz CT molecular complexity index is 1090. The zero-order valence-corrected chi connectivity index (χ0v) is 17.7. The highest BCUT2D eigenvalue weighted by Gasteiger charge is 2.28. The molecule has 9 heteroatoms. The zero-order valence-electron chi connectivity index (χ0n) is 17.7. The lowest BCUT2D eigenvalue weighted by atomic mass is 10.1. The Morgan fingerprint density at radius 1 is 1.00 bits per heavy atom. The van der Waals surface area contributed by atoms with Gasteiger partial charge >= 0.3 is 5.97 Å². The molecule has 1 saturated heterocycles. The lowest BCUT2D eigenvalue weighted by molar-refractivity contribution is -0.136. The van der Waals surface area contributed by atoms with Gasteiger partial charge < -0.3 is 28.1 Å². The molecule has 0 saturated carbocycles. The predicted octanol–water partition coefficient (Wildman–Crippen LogP) is 2.70. The fourth-order valence-corrected chi connectivity index (χ4v) is 3.61. The molecular weight excluding hydrogens is 416 g/mol. The Balaban J connectivity index is 1.33. The van der Waals surface area contributed by atoms with Crippen LogP contribution in [0.25, 0.3) is 11.0 Å². The highest BCUT2D eigenvalue weighted by atomic mass is 16.5. The monoisotopic (exact) mass is 440 g/mol. The molecule has 1 aromatic carbocycles. The van der Waals surface area contributed by atoms with E-state index in [-0.39, 0.29) is 29.9 Å². The van der Waals surface area contributed by atoms with E-state index in [0.717, 1.165) is 5.39 Å². The Labute approximate surface area is 184 Å². The van der Waals surface area contributed by atoms with Crippen molar-refractivity contribution in [2.75, 3.05) is 39.4 Å². The summed E-state index contributed by atoms with van der Waals surface area (Å²) < 4.78 is 21.5. The standard InChI is InChI=1S/C23H24N2O7/c1-2-29-14-17-16-6-3-4-7-18(16)32-21(17)23(28)31-15-20(26)24-9-11-25(12-10-24)22(27)19-8-5-13-30-19/h3-8,13H,2,9-12,14-15H2,1H3. The summed E-state index contributed by atoms with van der Waals surface area (Å²) in [6.45, 7) is 3.60. The molecule has 168 valence electrons. The van der Waals surface area contributed by atoms with Crippen LogP contribution in [0.15, 0.2) is 51.5 Å². The number of hydrogen-bond donors (Lipinski definition) is 0. The van der Waals surface area contributed by atoms with Crippen molar-refractivity contribution in [2.45, 2.75) is 13.5 Å². The van der Waals surface area contributed by atoms with Gasteiger partial charge in [-0.1, -0.05) is 18.2 Å². The molecular formula is C23H24N2O7. The van der Waals surface area contributed by atoms with Crippen LogP contribution >= 0.6 is 0 Å². The van der Waals surface area contributed by atoms with Crippen molar-refractivity contribution in [1.29, 1.82) is 0 Å². The van der Waals surface area contributed by atoms with E-state index < -0.39 is 12.6 Å². The third kappa shape index (κ3) is 4.52. The number of para-hydroxylation sites is 1. The normalized spacial score (nSPS) is 14.0. The van der Waals surface area contributed by atoms with Gasteiger partial charge in [0.2, 0.25) is 5.76 Å². The van der Waals surface area contributed by atoms with Crippen molar-refractivity contribution in [3.05, 3.63) is 59.7 Å². The number of benzene rings is 1. The first-order chi connectivity index (χ1) is 15.6. The molecule has 1 aliphatic rings. The summed E-state index contributed by atoms with van der Waals surface area (Å²) in [5.74, 6) is -0.934. The highest BCUT2D eigenvalue weighted by Crippen LogP contribution is 2.27. The Morgan fingerprint density at radius 2 is 1.75 bits per heavy atom. The van der Waals surface area contributed by atoms with Crippen LogP contribution in [0.4, 0.5) is 0 Å². The number of carbonyl (C=O) groups is 3. The maximum Gasteiger partial charge on any atom is 0.375 e. The molecule has 1 aliphatic heterocycles. The molecule has 0 N–H and O–H groups in total. The average molecular weight is 440 g/mol. The van der Waals surface area contributed by atoms with Crippen LogP contribution in [0.3, 0.4) is 0 Å². The largest absolute Gasteiger partial charge is 0.459 e. The molecule has 1 fully saturated rings. The van der Waals surface area contributed by atoms with Gasteiger partial charge in [0.15, 0.2) is 12.4 Å². The lowest BCUT2D eigenvalue weighted by Gasteiger charge is -2.34. The maximum absolute atomic E-state index is 12.7. The summed E-state index contributed by atoms with van der Waals surface area (Å²) in [6, 6.07) is 10.5. The van der Waals surface area contributed by atoms with E-state index in [1.807, 2.05) is 25.1 Å². The van der Waals surface area contributed by atoms with Crippen LogP contribution in [0.5, 0.6) is 0 Å². The van der Waals surface area contributed by atoms with Gasteiger partial charge in [-0.25, -0.2) is 4.79 Å². The molecule has 0 bridgehead atoms. The number of ether oxygens (including phenoxy) is 2. The molecule has 0 spiro atoms. The summed E-state index contributed by atoms with van der Waals surface area (Å²) in [5, 5.41) is 0.775. The molecule has 0 aliphatic carbocycles. The third-order valence-corrected chi connectivity index (χ3v) is 5.31. The minimum absolute atomic E-state index is 0.0429. The quantitative estimate of drug-likeness (QED) is 0.521.